The van der Waals surface area contributed by atoms with Gasteiger partial charge in [-0.15, -0.1) is 0 Å². The van der Waals surface area contributed by atoms with E-state index in [4.69, 9.17) is 21.1 Å². The Morgan fingerprint density at radius 1 is 1.15 bits per heavy atom. The number of carbonyl (C=O) groups is 3. The quantitative estimate of drug-likeness (QED) is 0.575. The molecule has 0 radical (unpaired) electrons. The number of Topliss-reactive ketones (excluding diaryl/α,β-unsaturated/α-hetero) is 1. The molecular formula is C19H17ClFNO5. The Morgan fingerprint density at radius 2 is 1.89 bits per heavy atom. The van der Waals surface area contributed by atoms with Crippen molar-refractivity contribution in [2.75, 3.05) is 19.0 Å². The summed E-state index contributed by atoms with van der Waals surface area (Å²) in [4.78, 5) is 35.3. The van der Waals surface area contributed by atoms with E-state index in [9.17, 15) is 18.8 Å². The number of esters is 1. The van der Waals surface area contributed by atoms with Crippen molar-refractivity contribution in [3.63, 3.8) is 0 Å². The van der Waals surface area contributed by atoms with Gasteiger partial charge in [0, 0.05) is 16.1 Å². The minimum absolute atomic E-state index is 0.0729. The third-order valence-corrected chi connectivity index (χ3v) is 3.83. The summed E-state index contributed by atoms with van der Waals surface area (Å²) in [6.45, 7) is 0.819. The molecule has 27 heavy (non-hydrogen) atoms. The van der Waals surface area contributed by atoms with Crippen molar-refractivity contribution in [2.45, 2.75) is 13.3 Å². The summed E-state index contributed by atoms with van der Waals surface area (Å²) in [7, 11) is 1.44. The van der Waals surface area contributed by atoms with E-state index in [1.165, 1.54) is 32.2 Å². The van der Waals surface area contributed by atoms with E-state index < -0.39 is 24.3 Å². The smallest absolute Gasteiger partial charge is 0.310 e. The number of hydrogen-bond donors (Lipinski definition) is 1. The fourth-order valence-corrected chi connectivity index (χ4v) is 2.42. The number of ether oxygens (including phenoxy) is 2. The predicted octanol–water partition coefficient (Wildman–Crippen LogP) is 3.41. The van der Waals surface area contributed by atoms with Crippen LogP contribution in [0, 0.1) is 5.82 Å². The van der Waals surface area contributed by atoms with Crippen LogP contribution in [0.5, 0.6) is 5.75 Å². The van der Waals surface area contributed by atoms with Crippen LogP contribution in [0.3, 0.4) is 0 Å². The summed E-state index contributed by atoms with van der Waals surface area (Å²) >= 11 is 5.64. The van der Waals surface area contributed by atoms with E-state index in [2.05, 4.69) is 5.32 Å². The van der Waals surface area contributed by atoms with Crippen LogP contribution in [0.2, 0.25) is 5.02 Å². The molecule has 0 saturated carbocycles. The minimum atomic E-state index is -0.701. The van der Waals surface area contributed by atoms with Crippen molar-refractivity contribution in [1.29, 1.82) is 0 Å². The highest BCUT2D eigenvalue weighted by Gasteiger charge is 2.14. The van der Waals surface area contributed by atoms with E-state index >= 15 is 0 Å². The zero-order valence-electron chi connectivity index (χ0n) is 14.7. The van der Waals surface area contributed by atoms with E-state index in [-0.39, 0.29) is 22.9 Å². The van der Waals surface area contributed by atoms with E-state index in [0.717, 1.165) is 6.07 Å². The number of ketones is 1. The molecule has 142 valence electrons. The van der Waals surface area contributed by atoms with Gasteiger partial charge in [0.15, 0.2) is 12.4 Å². The minimum Gasteiger partial charge on any atom is -0.496 e. The number of hydrogen-bond acceptors (Lipinski definition) is 5. The zero-order valence-corrected chi connectivity index (χ0v) is 15.4. The molecule has 1 N–H and O–H groups in total. The summed E-state index contributed by atoms with van der Waals surface area (Å²) in [6.07, 6.45) is -0.188. The van der Waals surface area contributed by atoms with Gasteiger partial charge >= 0.3 is 5.97 Å². The largest absolute Gasteiger partial charge is 0.496 e. The molecule has 8 heteroatoms. The highest BCUT2D eigenvalue weighted by molar-refractivity contribution is 6.30. The number of benzene rings is 2. The fraction of sp³-hybridized carbons (Fsp3) is 0.211. The second kappa shape index (κ2) is 9.14. The summed E-state index contributed by atoms with van der Waals surface area (Å²) in [5.74, 6) is -1.83. The van der Waals surface area contributed by atoms with Crippen molar-refractivity contribution in [2.24, 2.45) is 0 Å². The molecule has 0 heterocycles. The number of nitrogens with one attached hydrogen (secondary N) is 1. The Hall–Kier alpha value is -2.93. The predicted molar refractivity (Wildman–Crippen MR) is 97.7 cm³/mol. The summed E-state index contributed by atoms with van der Waals surface area (Å²) in [5, 5.41) is 2.48. The van der Waals surface area contributed by atoms with Gasteiger partial charge in [0.2, 0.25) is 0 Å². The number of rotatable bonds is 7. The molecule has 0 fully saturated rings. The second-order valence-corrected chi connectivity index (χ2v) is 6.03. The molecule has 2 aromatic rings. The standard InChI is InChI=1S/C19H17ClFNO5/c1-11(23)12-3-6-17(26-2)13(7-12)8-19(25)27-10-18(24)22-16-5-4-14(20)9-15(16)21/h3-7,9H,8,10H2,1-2H3,(H,22,24). The Morgan fingerprint density at radius 3 is 2.52 bits per heavy atom. The van der Waals surface area contributed by atoms with Gasteiger partial charge in [0.25, 0.3) is 5.91 Å². The molecule has 0 aliphatic carbocycles. The molecule has 0 atom stereocenters. The average Bonchev–Trinajstić information content (AvgIpc) is 2.62. The van der Waals surface area contributed by atoms with Gasteiger partial charge in [0.1, 0.15) is 11.6 Å². The molecule has 0 aliphatic rings. The van der Waals surface area contributed by atoms with E-state index in [0.29, 0.717) is 16.9 Å². The molecule has 2 aromatic carbocycles. The van der Waals surface area contributed by atoms with Crippen LogP contribution in [0.1, 0.15) is 22.8 Å². The molecule has 1 amide bonds. The average molecular weight is 394 g/mol. The highest BCUT2D eigenvalue weighted by Crippen LogP contribution is 2.21. The number of carbonyl (C=O) groups excluding carboxylic acids is 3. The van der Waals surface area contributed by atoms with Gasteiger partial charge in [-0.1, -0.05) is 11.6 Å². The molecule has 0 aromatic heterocycles. The topological polar surface area (TPSA) is 81.7 Å². The lowest BCUT2D eigenvalue weighted by molar-refractivity contribution is -0.146. The Labute approximate surface area is 160 Å². The molecule has 0 bridgehead atoms. The molecule has 0 saturated heterocycles. The molecular weight excluding hydrogens is 377 g/mol. The first-order valence-electron chi connectivity index (χ1n) is 7.88. The first-order valence-corrected chi connectivity index (χ1v) is 8.26. The van der Waals surface area contributed by atoms with Crippen molar-refractivity contribution < 1.29 is 28.2 Å². The van der Waals surface area contributed by atoms with Gasteiger partial charge < -0.3 is 14.8 Å². The number of halogens is 2. The van der Waals surface area contributed by atoms with Crippen molar-refractivity contribution in [1.82, 2.24) is 0 Å². The normalized spacial score (nSPS) is 10.2. The van der Waals surface area contributed by atoms with E-state index in [1.54, 1.807) is 12.1 Å². The third-order valence-electron chi connectivity index (χ3n) is 3.59. The van der Waals surface area contributed by atoms with Crippen LogP contribution in [0.4, 0.5) is 10.1 Å². The number of methoxy groups -OCH3 is 1. The van der Waals surface area contributed by atoms with Crippen LogP contribution < -0.4 is 10.1 Å². The lowest BCUT2D eigenvalue weighted by Crippen LogP contribution is -2.22. The van der Waals surface area contributed by atoms with Gasteiger partial charge in [-0.2, -0.15) is 0 Å². The first-order chi connectivity index (χ1) is 12.8. The fourth-order valence-electron chi connectivity index (χ4n) is 2.27. The van der Waals surface area contributed by atoms with Gasteiger partial charge in [-0.25, -0.2) is 4.39 Å². The van der Waals surface area contributed by atoms with Crippen LogP contribution in [0.25, 0.3) is 0 Å². The lowest BCUT2D eigenvalue weighted by atomic mass is 10.0. The SMILES string of the molecule is COc1ccc(C(C)=O)cc1CC(=O)OCC(=O)Nc1ccc(Cl)cc1F. The molecule has 0 unspecified atom stereocenters. The maximum atomic E-state index is 13.6. The molecule has 6 nitrogen and oxygen atoms in total. The Balaban J connectivity index is 1.95. The second-order valence-electron chi connectivity index (χ2n) is 5.59. The first kappa shape index (κ1) is 20.4. The monoisotopic (exact) mass is 393 g/mol. The summed E-state index contributed by atoms with van der Waals surface area (Å²) in [6, 6.07) is 8.47. The maximum absolute atomic E-state index is 13.6. The molecule has 2 rings (SSSR count). The van der Waals surface area contributed by atoms with Crippen molar-refractivity contribution in [3.8, 4) is 5.75 Å². The van der Waals surface area contributed by atoms with Crippen LogP contribution >= 0.6 is 11.6 Å². The van der Waals surface area contributed by atoms with Crippen molar-refractivity contribution >= 4 is 34.9 Å². The maximum Gasteiger partial charge on any atom is 0.310 e. The lowest BCUT2D eigenvalue weighted by Gasteiger charge is -2.10. The third kappa shape index (κ3) is 5.79. The highest BCUT2D eigenvalue weighted by atomic mass is 35.5. The van der Waals surface area contributed by atoms with Crippen molar-refractivity contribution in [3.05, 3.63) is 58.4 Å². The van der Waals surface area contributed by atoms with Crippen LogP contribution in [-0.4, -0.2) is 31.4 Å². The van der Waals surface area contributed by atoms with Crippen LogP contribution in [-0.2, 0) is 20.7 Å². The zero-order chi connectivity index (χ0) is 20.0. The van der Waals surface area contributed by atoms with Crippen LogP contribution in [0.15, 0.2) is 36.4 Å². The van der Waals surface area contributed by atoms with Gasteiger partial charge in [-0.3, -0.25) is 14.4 Å². The Kier molecular flexibility index (Phi) is 6.90. The van der Waals surface area contributed by atoms with Gasteiger partial charge in [-0.05, 0) is 43.3 Å². The summed E-state index contributed by atoms with van der Waals surface area (Å²) < 4.78 is 23.7. The molecule has 0 spiro atoms. The number of anilines is 1. The Bertz CT molecular complexity index is 884. The molecule has 0 aliphatic heterocycles. The summed E-state index contributed by atoms with van der Waals surface area (Å²) in [5.41, 5.74) is 0.810. The van der Waals surface area contributed by atoms with Gasteiger partial charge in [0.05, 0.1) is 19.2 Å². The number of amides is 1. The van der Waals surface area contributed by atoms with E-state index in [1.807, 2.05) is 0 Å².